The Kier molecular flexibility index (Phi) is 5.09. The van der Waals surface area contributed by atoms with Crippen molar-refractivity contribution in [2.24, 2.45) is 33.6 Å². The molecule has 8 atom stereocenters. The lowest BCUT2D eigenvalue weighted by molar-refractivity contribution is -0.237. The summed E-state index contributed by atoms with van der Waals surface area (Å²) in [7, 11) is 0. The summed E-state index contributed by atoms with van der Waals surface area (Å²) in [5, 5.41) is 43.5. The van der Waals surface area contributed by atoms with E-state index in [0.717, 1.165) is 24.8 Å². The summed E-state index contributed by atoms with van der Waals surface area (Å²) in [5.74, 6) is -0.113. The molecule has 3 N–H and O–H groups in total. The Labute approximate surface area is 189 Å². The van der Waals surface area contributed by atoms with Gasteiger partial charge < -0.3 is 20.1 Å². The zero-order valence-corrected chi connectivity index (χ0v) is 18.8. The van der Waals surface area contributed by atoms with Crippen LogP contribution in [-0.2, 0) is 9.53 Å². The van der Waals surface area contributed by atoms with Crippen molar-refractivity contribution in [2.45, 2.75) is 82.0 Å². The predicted octanol–water partition coefficient (Wildman–Crippen LogP) is 2.29. The van der Waals surface area contributed by atoms with Gasteiger partial charge in [0.15, 0.2) is 0 Å². The number of cyclic esters (lactones) is 1. The summed E-state index contributed by atoms with van der Waals surface area (Å²) in [4.78, 5) is 16.1. The van der Waals surface area contributed by atoms with E-state index < -0.39 is 22.7 Å². The van der Waals surface area contributed by atoms with Gasteiger partial charge in [-0.25, -0.2) is 4.79 Å². The highest BCUT2D eigenvalue weighted by Gasteiger charge is 2.71. The molecule has 4 fully saturated rings. The maximum Gasteiger partial charge on any atom is 0.331 e. The number of rotatable bonds is 3. The summed E-state index contributed by atoms with van der Waals surface area (Å²) < 4.78 is 5.19. The van der Waals surface area contributed by atoms with Crippen LogP contribution in [0, 0.1) is 39.9 Å². The fraction of sp³-hybridized carbons (Fsp3) is 0.800. The second kappa shape index (κ2) is 7.38. The van der Waals surface area contributed by atoms with Gasteiger partial charge in [-0.15, -0.1) is 0 Å². The quantitative estimate of drug-likeness (QED) is 0.350. The van der Waals surface area contributed by atoms with Crippen molar-refractivity contribution < 1.29 is 24.9 Å². The summed E-state index contributed by atoms with van der Waals surface area (Å²) in [6, 6.07) is 2.06. The molecular weight excluding hydrogens is 408 g/mol. The minimum Gasteiger partial charge on any atom is -0.458 e. The third-order valence-corrected chi connectivity index (χ3v) is 10.1. The number of nitrogens with zero attached hydrogens (tertiary/aromatic N) is 2. The summed E-state index contributed by atoms with van der Waals surface area (Å²) in [6.45, 7) is 2.54. The number of hydrogen-bond acceptors (Lipinski definition) is 7. The molecule has 4 aliphatic carbocycles. The Bertz CT molecular complexity index is 910. The van der Waals surface area contributed by atoms with Gasteiger partial charge in [-0.2, -0.15) is 5.26 Å². The highest BCUT2D eigenvalue weighted by Crippen LogP contribution is 2.70. The number of aliphatic hydroxyl groups is 3. The van der Waals surface area contributed by atoms with Crippen LogP contribution in [0.2, 0.25) is 0 Å². The first kappa shape index (κ1) is 22.1. The minimum atomic E-state index is -1.07. The molecule has 32 heavy (non-hydrogen) atoms. The fourth-order valence-electron chi connectivity index (χ4n) is 8.61. The number of esters is 1. The molecule has 174 valence electrons. The van der Waals surface area contributed by atoms with Gasteiger partial charge in [-0.3, -0.25) is 4.99 Å². The van der Waals surface area contributed by atoms with Gasteiger partial charge in [0.25, 0.3) is 0 Å². The van der Waals surface area contributed by atoms with Crippen molar-refractivity contribution in [2.75, 3.05) is 13.2 Å². The molecule has 0 bridgehead atoms. The van der Waals surface area contributed by atoms with Crippen molar-refractivity contribution in [3.63, 3.8) is 0 Å². The Morgan fingerprint density at radius 1 is 1.19 bits per heavy atom. The van der Waals surface area contributed by atoms with E-state index in [-0.39, 0.29) is 35.7 Å². The first-order valence-corrected chi connectivity index (χ1v) is 12.1. The zero-order valence-electron chi connectivity index (χ0n) is 18.8. The molecule has 0 aromatic rings. The molecule has 5 rings (SSSR count). The molecular formula is C25H34N2O5. The topological polar surface area (TPSA) is 123 Å². The molecule has 1 heterocycles. The molecule has 7 nitrogen and oxygen atoms in total. The second-order valence-corrected chi connectivity index (χ2v) is 11.1. The summed E-state index contributed by atoms with van der Waals surface area (Å²) >= 11 is 0. The van der Waals surface area contributed by atoms with Gasteiger partial charge in [0.1, 0.15) is 13.2 Å². The SMILES string of the molecule is CC12CC[C@H]3C(CCC4(O)CC(O)CC[C@]34C=NCC#N)C1(O)CC[C@H]2C1=CC(=O)OC1. The number of hydrogen-bond donors (Lipinski definition) is 3. The van der Waals surface area contributed by atoms with Crippen molar-refractivity contribution in [3.8, 4) is 6.07 Å². The number of fused-ring (bicyclic) bond motifs is 5. The largest absolute Gasteiger partial charge is 0.458 e. The highest BCUT2D eigenvalue weighted by atomic mass is 16.5. The lowest BCUT2D eigenvalue weighted by atomic mass is 9.41. The predicted molar refractivity (Wildman–Crippen MR) is 116 cm³/mol. The number of aliphatic imine (C=N–C) groups is 1. The third kappa shape index (κ3) is 2.82. The van der Waals surface area contributed by atoms with Crippen LogP contribution >= 0.6 is 0 Å². The average Bonchev–Trinajstić information content (AvgIpc) is 3.28. The minimum absolute atomic E-state index is 0.00827. The van der Waals surface area contributed by atoms with Gasteiger partial charge in [-0.05, 0) is 74.7 Å². The van der Waals surface area contributed by atoms with Crippen LogP contribution in [0.25, 0.3) is 0 Å². The highest BCUT2D eigenvalue weighted by molar-refractivity contribution is 5.85. The molecule has 1 aliphatic heterocycles. The van der Waals surface area contributed by atoms with E-state index in [1.54, 1.807) is 6.08 Å². The van der Waals surface area contributed by atoms with E-state index in [1.165, 1.54) is 0 Å². The Balaban J connectivity index is 1.53. The van der Waals surface area contributed by atoms with Crippen LogP contribution in [0.4, 0.5) is 0 Å². The van der Waals surface area contributed by atoms with E-state index in [0.29, 0.717) is 45.1 Å². The fourth-order valence-corrected chi connectivity index (χ4v) is 8.61. The average molecular weight is 443 g/mol. The van der Waals surface area contributed by atoms with E-state index in [9.17, 15) is 20.1 Å². The van der Waals surface area contributed by atoms with E-state index in [4.69, 9.17) is 10.00 Å². The van der Waals surface area contributed by atoms with Crippen LogP contribution in [0.3, 0.4) is 0 Å². The van der Waals surface area contributed by atoms with Crippen LogP contribution in [0.5, 0.6) is 0 Å². The smallest absolute Gasteiger partial charge is 0.331 e. The van der Waals surface area contributed by atoms with Gasteiger partial charge in [-0.1, -0.05) is 6.92 Å². The Morgan fingerprint density at radius 3 is 2.69 bits per heavy atom. The maximum atomic E-state index is 12.3. The Hall–Kier alpha value is -1.75. The van der Waals surface area contributed by atoms with Crippen molar-refractivity contribution in [1.82, 2.24) is 0 Å². The monoisotopic (exact) mass is 442 g/mol. The van der Waals surface area contributed by atoms with Crippen LogP contribution < -0.4 is 0 Å². The number of nitriles is 1. The molecule has 4 saturated carbocycles. The first-order valence-electron chi connectivity index (χ1n) is 12.1. The molecule has 7 heteroatoms. The van der Waals surface area contributed by atoms with E-state index in [2.05, 4.69) is 18.0 Å². The van der Waals surface area contributed by atoms with Gasteiger partial charge in [0.05, 0.1) is 23.4 Å². The van der Waals surface area contributed by atoms with Gasteiger partial charge >= 0.3 is 5.97 Å². The zero-order chi connectivity index (χ0) is 22.8. The molecule has 5 unspecified atom stereocenters. The summed E-state index contributed by atoms with van der Waals surface area (Å²) in [6.07, 6.45) is 8.80. The first-order chi connectivity index (χ1) is 15.2. The van der Waals surface area contributed by atoms with Gasteiger partial charge in [0, 0.05) is 29.5 Å². The van der Waals surface area contributed by atoms with E-state index in [1.807, 2.05) is 6.21 Å². The number of ether oxygens (including phenoxy) is 1. The second-order valence-electron chi connectivity index (χ2n) is 11.1. The molecule has 0 saturated heterocycles. The summed E-state index contributed by atoms with van der Waals surface area (Å²) in [5.41, 5.74) is -1.93. The molecule has 0 aromatic heterocycles. The number of carbonyl (C=O) groups is 1. The van der Waals surface area contributed by atoms with Gasteiger partial charge in [0.2, 0.25) is 0 Å². The molecule has 0 amide bonds. The normalized spacial score (nSPS) is 50.2. The molecule has 5 aliphatic rings. The van der Waals surface area contributed by atoms with Crippen molar-refractivity contribution in [1.29, 1.82) is 5.26 Å². The number of aliphatic hydroxyl groups excluding tert-OH is 1. The van der Waals surface area contributed by atoms with Crippen LogP contribution in [0.15, 0.2) is 16.6 Å². The number of carbonyl (C=O) groups excluding carboxylic acids is 1. The molecule has 0 radical (unpaired) electrons. The standard InChI is InChI=1S/C25H34N2O5/c1-22-6-3-19-20(25(22,31)9-5-18(22)16-12-21(29)32-14-16)4-8-24(30)13-17(28)2-7-23(19,24)15-27-11-10-26/h12,15,17-20,28,30-31H,2-9,11,13-14H2,1H3/t17?,18-,19-,20?,22?,23-,24?,25?/m0/s1. The van der Waals surface area contributed by atoms with Crippen molar-refractivity contribution >= 4 is 12.2 Å². The molecule has 0 aromatic carbocycles. The van der Waals surface area contributed by atoms with Crippen molar-refractivity contribution in [3.05, 3.63) is 11.6 Å². The van der Waals surface area contributed by atoms with Crippen LogP contribution in [0.1, 0.15) is 64.7 Å². The van der Waals surface area contributed by atoms with E-state index >= 15 is 0 Å². The van der Waals surface area contributed by atoms with Crippen LogP contribution in [-0.4, -0.2) is 58.0 Å². The molecule has 0 spiro atoms. The lowest BCUT2D eigenvalue weighted by Gasteiger charge is -2.65. The lowest BCUT2D eigenvalue weighted by Crippen LogP contribution is -2.68. The maximum absolute atomic E-state index is 12.3. The third-order valence-electron chi connectivity index (χ3n) is 10.1. The Morgan fingerprint density at radius 2 is 1.97 bits per heavy atom.